The summed E-state index contributed by atoms with van der Waals surface area (Å²) < 4.78 is 0. The van der Waals surface area contributed by atoms with Gasteiger partial charge in [-0.3, -0.25) is 0 Å². The Balaban J connectivity index is 2.66. The molecule has 0 bridgehead atoms. The Bertz CT molecular complexity index is 237. The van der Waals surface area contributed by atoms with Gasteiger partial charge in [-0.15, -0.1) is 11.3 Å². The molecule has 0 saturated heterocycles. The standard InChI is InChI=1S/C8H13ClN2S/c1-3-5-11(4-2)8-10-7(9)6-12-8/h6H,3-5H2,1-2H3. The molecule has 0 atom stereocenters. The quantitative estimate of drug-likeness (QED) is 0.750. The van der Waals surface area contributed by atoms with E-state index in [0.29, 0.717) is 5.15 Å². The van der Waals surface area contributed by atoms with Crippen LogP contribution in [0.15, 0.2) is 5.38 Å². The fourth-order valence-corrected chi connectivity index (χ4v) is 2.09. The van der Waals surface area contributed by atoms with E-state index in [1.807, 2.05) is 5.38 Å². The zero-order chi connectivity index (χ0) is 8.97. The van der Waals surface area contributed by atoms with Crippen molar-refractivity contribution in [2.45, 2.75) is 20.3 Å². The summed E-state index contributed by atoms with van der Waals surface area (Å²) in [4.78, 5) is 6.44. The average Bonchev–Trinajstić information content (AvgIpc) is 2.47. The third-order valence-corrected chi connectivity index (χ3v) is 2.83. The number of hydrogen-bond acceptors (Lipinski definition) is 3. The topological polar surface area (TPSA) is 16.1 Å². The van der Waals surface area contributed by atoms with Crippen LogP contribution in [0.5, 0.6) is 0 Å². The predicted molar refractivity (Wildman–Crippen MR) is 55.3 cm³/mol. The maximum absolute atomic E-state index is 5.73. The number of rotatable bonds is 4. The monoisotopic (exact) mass is 204 g/mol. The molecule has 0 amide bonds. The van der Waals surface area contributed by atoms with Gasteiger partial charge in [-0.25, -0.2) is 4.98 Å². The fraction of sp³-hybridized carbons (Fsp3) is 0.625. The first kappa shape index (κ1) is 9.81. The molecular weight excluding hydrogens is 192 g/mol. The maximum Gasteiger partial charge on any atom is 0.186 e. The Morgan fingerprint density at radius 1 is 1.58 bits per heavy atom. The van der Waals surface area contributed by atoms with Crippen LogP contribution in [-0.4, -0.2) is 18.1 Å². The lowest BCUT2D eigenvalue weighted by atomic mass is 10.4. The highest BCUT2D eigenvalue weighted by molar-refractivity contribution is 7.14. The minimum Gasteiger partial charge on any atom is -0.348 e. The molecule has 4 heteroatoms. The van der Waals surface area contributed by atoms with Crippen LogP contribution in [-0.2, 0) is 0 Å². The second-order valence-electron chi connectivity index (χ2n) is 2.53. The summed E-state index contributed by atoms with van der Waals surface area (Å²) in [6, 6.07) is 0. The van der Waals surface area contributed by atoms with Crippen molar-refractivity contribution < 1.29 is 0 Å². The van der Waals surface area contributed by atoms with Crippen LogP contribution in [0.25, 0.3) is 0 Å². The van der Waals surface area contributed by atoms with Crippen molar-refractivity contribution in [3.05, 3.63) is 10.5 Å². The van der Waals surface area contributed by atoms with Gasteiger partial charge >= 0.3 is 0 Å². The third-order valence-electron chi connectivity index (χ3n) is 1.61. The molecule has 0 aromatic carbocycles. The molecule has 0 unspecified atom stereocenters. The van der Waals surface area contributed by atoms with Crippen molar-refractivity contribution in [2.24, 2.45) is 0 Å². The number of hydrogen-bond donors (Lipinski definition) is 0. The smallest absolute Gasteiger partial charge is 0.186 e. The molecule has 1 heterocycles. The molecular formula is C8H13ClN2S. The minimum atomic E-state index is 0.601. The van der Waals surface area contributed by atoms with Gasteiger partial charge in [-0.2, -0.15) is 0 Å². The van der Waals surface area contributed by atoms with E-state index >= 15 is 0 Å². The summed E-state index contributed by atoms with van der Waals surface area (Å²) in [5.41, 5.74) is 0. The van der Waals surface area contributed by atoms with Crippen LogP contribution in [0.2, 0.25) is 5.15 Å². The normalized spacial score (nSPS) is 10.2. The van der Waals surface area contributed by atoms with Crippen LogP contribution < -0.4 is 4.90 Å². The van der Waals surface area contributed by atoms with Gasteiger partial charge in [-0.1, -0.05) is 18.5 Å². The molecule has 1 aromatic heterocycles. The Kier molecular flexibility index (Phi) is 3.82. The largest absolute Gasteiger partial charge is 0.348 e. The Morgan fingerprint density at radius 3 is 2.75 bits per heavy atom. The van der Waals surface area contributed by atoms with Crippen LogP contribution in [0.3, 0.4) is 0 Å². The van der Waals surface area contributed by atoms with E-state index in [0.717, 1.165) is 24.6 Å². The van der Waals surface area contributed by atoms with Gasteiger partial charge in [0.05, 0.1) is 0 Å². The van der Waals surface area contributed by atoms with Crippen LogP contribution in [0.1, 0.15) is 20.3 Å². The molecule has 0 N–H and O–H groups in total. The van der Waals surface area contributed by atoms with Gasteiger partial charge in [0.1, 0.15) is 5.15 Å². The molecule has 0 aliphatic heterocycles. The molecule has 0 aliphatic carbocycles. The van der Waals surface area contributed by atoms with Gasteiger partial charge in [0, 0.05) is 18.5 Å². The first-order valence-electron chi connectivity index (χ1n) is 4.13. The van der Waals surface area contributed by atoms with E-state index in [1.54, 1.807) is 11.3 Å². The Hall–Kier alpha value is -0.280. The first-order valence-corrected chi connectivity index (χ1v) is 5.39. The van der Waals surface area contributed by atoms with Gasteiger partial charge < -0.3 is 4.90 Å². The molecule has 0 fully saturated rings. The van der Waals surface area contributed by atoms with Crippen molar-refractivity contribution in [3.8, 4) is 0 Å². The van der Waals surface area contributed by atoms with E-state index in [2.05, 4.69) is 23.7 Å². The van der Waals surface area contributed by atoms with E-state index in [9.17, 15) is 0 Å². The Morgan fingerprint density at radius 2 is 2.33 bits per heavy atom. The molecule has 1 aromatic rings. The molecule has 0 spiro atoms. The van der Waals surface area contributed by atoms with Crippen molar-refractivity contribution in [2.75, 3.05) is 18.0 Å². The maximum atomic E-state index is 5.73. The lowest BCUT2D eigenvalue weighted by Crippen LogP contribution is -2.22. The lowest BCUT2D eigenvalue weighted by Gasteiger charge is -2.17. The highest BCUT2D eigenvalue weighted by Crippen LogP contribution is 2.22. The lowest BCUT2D eigenvalue weighted by molar-refractivity contribution is 0.788. The Labute approximate surface area is 82.2 Å². The summed E-state index contributed by atoms with van der Waals surface area (Å²) in [5, 5.41) is 3.50. The number of anilines is 1. The van der Waals surface area contributed by atoms with Crippen LogP contribution in [0.4, 0.5) is 5.13 Å². The molecule has 0 saturated carbocycles. The van der Waals surface area contributed by atoms with Gasteiger partial charge in [0.25, 0.3) is 0 Å². The number of nitrogens with zero attached hydrogens (tertiary/aromatic N) is 2. The highest BCUT2D eigenvalue weighted by Gasteiger charge is 2.06. The van der Waals surface area contributed by atoms with Crippen LogP contribution in [0, 0.1) is 0 Å². The van der Waals surface area contributed by atoms with Gasteiger partial charge in [0.2, 0.25) is 0 Å². The summed E-state index contributed by atoms with van der Waals surface area (Å²) >= 11 is 7.34. The summed E-state index contributed by atoms with van der Waals surface area (Å²) in [6.07, 6.45) is 1.14. The molecule has 0 aliphatic rings. The summed E-state index contributed by atoms with van der Waals surface area (Å²) in [5.74, 6) is 0. The van der Waals surface area contributed by atoms with Crippen molar-refractivity contribution in [1.82, 2.24) is 4.98 Å². The van der Waals surface area contributed by atoms with Crippen LogP contribution >= 0.6 is 22.9 Å². The molecule has 2 nitrogen and oxygen atoms in total. The summed E-state index contributed by atoms with van der Waals surface area (Å²) in [6.45, 7) is 6.35. The van der Waals surface area contributed by atoms with E-state index in [4.69, 9.17) is 11.6 Å². The van der Waals surface area contributed by atoms with Gasteiger partial charge in [-0.05, 0) is 13.3 Å². The van der Waals surface area contributed by atoms with Crippen molar-refractivity contribution in [3.63, 3.8) is 0 Å². The zero-order valence-electron chi connectivity index (χ0n) is 7.38. The third kappa shape index (κ3) is 2.35. The molecule has 68 valence electrons. The van der Waals surface area contributed by atoms with Crippen molar-refractivity contribution in [1.29, 1.82) is 0 Å². The van der Waals surface area contributed by atoms with Gasteiger partial charge in [0.15, 0.2) is 5.13 Å². The SMILES string of the molecule is CCCN(CC)c1nc(Cl)cs1. The highest BCUT2D eigenvalue weighted by atomic mass is 35.5. The average molecular weight is 205 g/mol. The fourth-order valence-electron chi connectivity index (χ4n) is 1.05. The molecule has 0 radical (unpaired) electrons. The first-order chi connectivity index (χ1) is 5.77. The number of halogens is 1. The van der Waals surface area contributed by atoms with E-state index in [1.165, 1.54) is 0 Å². The molecule has 12 heavy (non-hydrogen) atoms. The second-order valence-corrected chi connectivity index (χ2v) is 3.76. The van der Waals surface area contributed by atoms with E-state index < -0.39 is 0 Å². The number of thiazole rings is 1. The zero-order valence-corrected chi connectivity index (χ0v) is 8.95. The van der Waals surface area contributed by atoms with Crippen molar-refractivity contribution >= 4 is 28.1 Å². The number of aromatic nitrogens is 1. The summed E-state index contributed by atoms with van der Waals surface area (Å²) in [7, 11) is 0. The minimum absolute atomic E-state index is 0.601. The van der Waals surface area contributed by atoms with E-state index in [-0.39, 0.29) is 0 Å². The molecule has 1 rings (SSSR count). The predicted octanol–water partition coefficient (Wildman–Crippen LogP) is 3.03. The second kappa shape index (κ2) is 4.67.